The van der Waals surface area contributed by atoms with Gasteiger partial charge in [-0.2, -0.15) is 0 Å². The van der Waals surface area contributed by atoms with E-state index in [9.17, 15) is 9.90 Å². The molecule has 1 unspecified atom stereocenters. The first-order valence-electron chi connectivity index (χ1n) is 5.74. The third kappa shape index (κ3) is 1.53. The number of carboxylic acids is 1. The van der Waals surface area contributed by atoms with E-state index in [1.165, 1.54) is 0 Å². The Kier molecular flexibility index (Phi) is 2.45. The maximum atomic E-state index is 11.5. The Bertz CT molecular complexity index is 476. The first-order valence-corrected chi connectivity index (χ1v) is 5.74. The van der Waals surface area contributed by atoms with E-state index in [0.29, 0.717) is 6.42 Å². The molecule has 1 aromatic rings. The molecule has 1 aliphatic carbocycles. The van der Waals surface area contributed by atoms with Crippen molar-refractivity contribution in [1.29, 1.82) is 0 Å². The Morgan fingerprint density at radius 3 is 2.35 bits per heavy atom. The molecule has 0 saturated heterocycles. The van der Waals surface area contributed by atoms with Gasteiger partial charge in [-0.05, 0) is 36.0 Å². The van der Waals surface area contributed by atoms with Crippen LogP contribution in [0.15, 0.2) is 18.2 Å². The van der Waals surface area contributed by atoms with Gasteiger partial charge >= 0.3 is 5.97 Å². The minimum Gasteiger partial charge on any atom is -0.496 e. The van der Waals surface area contributed by atoms with Crippen LogP contribution in [-0.2, 0) is 10.2 Å². The summed E-state index contributed by atoms with van der Waals surface area (Å²) >= 11 is 0. The SMILES string of the molecule is COc1ccc(C2(C(=O)O)CC2(C)C)cc1C. The van der Waals surface area contributed by atoms with Gasteiger partial charge in [-0.15, -0.1) is 0 Å². The maximum absolute atomic E-state index is 11.5. The number of aliphatic carboxylic acids is 1. The van der Waals surface area contributed by atoms with Crippen LogP contribution in [0.1, 0.15) is 31.4 Å². The molecule has 1 aromatic carbocycles. The van der Waals surface area contributed by atoms with Crippen LogP contribution in [0.25, 0.3) is 0 Å². The summed E-state index contributed by atoms with van der Waals surface area (Å²) in [5.74, 6) is 0.0693. The summed E-state index contributed by atoms with van der Waals surface area (Å²) in [7, 11) is 1.62. The van der Waals surface area contributed by atoms with Gasteiger partial charge in [0.15, 0.2) is 0 Å². The number of hydrogen-bond acceptors (Lipinski definition) is 2. The molecule has 0 amide bonds. The van der Waals surface area contributed by atoms with Gasteiger partial charge in [0.25, 0.3) is 0 Å². The lowest BCUT2D eigenvalue weighted by Crippen LogP contribution is -2.25. The summed E-state index contributed by atoms with van der Waals surface area (Å²) in [6, 6.07) is 5.65. The molecule has 1 atom stereocenters. The highest BCUT2D eigenvalue weighted by Gasteiger charge is 2.67. The molecular weight excluding hydrogens is 216 g/mol. The van der Waals surface area contributed by atoms with Crippen LogP contribution in [0.5, 0.6) is 5.75 Å². The van der Waals surface area contributed by atoms with Gasteiger partial charge in [-0.3, -0.25) is 4.79 Å². The number of aryl methyl sites for hydroxylation is 1. The van der Waals surface area contributed by atoms with E-state index in [1.54, 1.807) is 7.11 Å². The van der Waals surface area contributed by atoms with E-state index >= 15 is 0 Å². The molecule has 3 heteroatoms. The third-order valence-electron chi connectivity index (χ3n) is 3.99. The van der Waals surface area contributed by atoms with E-state index in [0.717, 1.165) is 16.9 Å². The Hall–Kier alpha value is -1.51. The molecular formula is C14H18O3. The van der Waals surface area contributed by atoms with Gasteiger partial charge in [0.05, 0.1) is 12.5 Å². The Morgan fingerprint density at radius 1 is 1.41 bits per heavy atom. The van der Waals surface area contributed by atoms with Crippen molar-refractivity contribution in [3.05, 3.63) is 29.3 Å². The number of carbonyl (C=O) groups is 1. The zero-order valence-electron chi connectivity index (χ0n) is 10.7. The Morgan fingerprint density at radius 2 is 2.00 bits per heavy atom. The average molecular weight is 234 g/mol. The maximum Gasteiger partial charge on any atom is 0.314 e. The quantitative estimate of drug-likeness (QED) is 0.874. The molecule has 1 aliphatic rings. The lowest BCUT2D eigenvalue weighted by Gasteiger charge is -2.17. The van der Waals surface area contributed by atoms with Crippen molar-refractivity contribution in [3.8, 4) is 5.75 Å². The van der Waals surface area contributed by atoms with Gasteiger partial charge in [0.2, 0.25) is 0 Å². The minimum absolute atomic E-state index is 0.167. The molecule has 0 heterocycles. The lowest BCUT2D eigenvalue weighted by atomic mass is 9.87. The van der Waals surface area contributed by atoms with E-state index in [4.69, 9.17) is 4.74 Å². The van der Waals surface area contributed by atoms with Crippen LogP contribution in [0, 0.1) is 12.3 Å². The van der Waals surface area contributed by atoms with Gasteiger partial charge in [-0.25, -0.2) is 0 Å². The molecule has 1 saturated carbocycles. The largest absolute Gasteiger partial charge is 0.496 e. The van der Waals surface area contributed by atoms with Crippen molar-refractivity contribution >= 4 is 5.97 Å². The average Bonchev–Trinajstić information content (AvgIpc) is 2.83. The van der Waals surface area contributed by atoms with Crippen molar-refractivity contribution in [2.45, 2.75) is 32.6 Å². The molecule has 17 heavy (non-hydrogen) atoms. The van der Waals surface area contributed by atoms with E-state index in [-0.39, 0.29) is 5.41 Å². The second kappa shape index (κ2) is 3.49. The topological polar surface area (TPSA) is 46.5 Å². The van der Waals surface area contributed by atoms with Crippen LogP contribution in [0.2, 0.25) is 0 Å². The van der Waals surface area contributed by atoms with Crippen molar-refractivity contribution in [3.63, 3.8) is 0 Å². The highest BCUT2D eigenvalue weighted by molar-refractivity contribution is 5.87. The van der Waals surface area contributed by atoms with Gasteiger partial charge in [0, 0.05) is 0 Å². The van der Waals surface area contributed by atoms with Gasteiger partial charge in [-0.1, -0.05) is 26.0 Å². The predicted molar refractivity (Wildman–Crippen MR) is 65.4 cm³/mol. The van der Waals surface area contributed by atoms with Crippen LogP contribution in [0.3, 0.4) is 0 Å². The molecule has 3 nitrogen and oxygen atoms in total. The fraction of sp³-hybridized carbons (Fsp3) is 0.500. The van der Waals surface area contributed by atoms with E-state index < -0.39 is 11.4 Å². The zero-order chi connectivity index (χ0) is 12.8. The van der Waals surface area contributed by atoms with Crippen LogP contribution < -0.4 is 4.74 Å². The third-order valence-corrected chi connectivity index (χ3v) is 3.99. The molecule has 0 bridgehead atoms. The Balaban J connectivity index is 2.48. The summed E-state index contributed by atoms with van der Waals surface area (Å²) in [6.07, 6.45) is 0.696. The fourth-order valence-electron chi connectivity index (χ4n) is 2.74. The fourth-order valence-corrected chi connectivity index (χ4v) is 2.74. The number of benzene rings is 1. The smallest absolute Gasteiger partial charge is 0.314 e. The van der Waals surface area contributed by atoms with Crippen LogP contribution >= 0.6 is 0 Å². The van der Waals surface area contributed by atoms with Gasteiger partial charge in [0.1, 0.15) is 5.75 Å². The minimum atomic E-state index is -0.730. The highest BCUT2D eigenvalue weighted by Crippen LogP contribution is 2.64. The molecule has 1 N–H and O–H groups in total. The summed E-state index contributed by atoms with van der Waals surface area (Å²) in [5, 5.41) is 9.48. The number of ether oxygens (including phenoxy) is 1. The first-order chi connectivity index (χ1) is 7.85. The van der Waals surface area contributed by atoms with Crippen molar-refractivity contribution in [2.24, 2.45) is 5.41 Å². The number of carboxylic acid groups (broad SMARTS) is 1. The van der Waals surface area contributed by atoms with Crippen LogP contribution in [0.4, 0.5) is 0 Å². The molecule has 1 fully saturated rings. The standard InChI is InChI=1S/C14H18O3/c1-9-7-10(5-6-11(9)17-4)14(12(15)16)8-13(14,2)3/h5-7H,8H2,1-4H3,(H,15,16). The van der Waals surface area contributed by atoms with Crippen molar-refractivity contribution in [1.82, 2.24) is 0 Å². The first kappa shape index (κ1) is 12.0. The van der Waals surface area contributed by atoms with Crippen molar-refractivity contribution < 1.29 is 14.6 Å². The molecule has 92 valence electrons. The Labute approximate surface area is 101 Å². The monoisotopic (exact) mass is 234 g/mol. The lowest BCUT2D eigenvalue weighted by molar-refractivity contribution is -0.141. The van der Waals surface area contributed by atoms with E-state index in [1.807, 2.05) is 39.0 Å². The number of rotatable bonds is 3. The zero-order valence-corrected chi connectivity index (χ0v) is 10.7. The summed E-state index contributed by atoms with van der Waals surface area (Å²) in [4.78, 5) is 11.5. The normalized spacial score (nSPS) is 25.4. The molecule has 2 rings (SSSR count). The second-order valence-corrected chi connectivity index (χ2v) is 5.46. The molecule has 0 radical (unpaired) electrons. The molecule has 0 spiro atoms. The van der Waals surface area contributed by atoms with E-state index in [2.05, 4.69) is 0 Å². The molecule has 0 aliphatic heterocycles. The highest BCUT2D eigenvalue weighted by atomic mass is 16.5. The summed E-state index contributed by atoms with van der Waals surface area (Å²) in [5.41, 5.74) is 0.978. The number of methoxy groups -OCH3 is 1. The van der Waals surface area contributed by atoms with Gasteiger partial charge < -0.3 is 9.84 Å². The number of hydrogen-bond donors (Lipinski definition) is 1. The predicted octanol–water partition coefficient (Wildman–Crippen LogP) is 2.76. The second-order valence-electron chi connectivity index (χ2n) is 5.46. The summed E-state index contributed by atoms with van der Waals surface area (Å²) < 4.78 is 5.20. The van der Waals surface area contributed by atoms with Crippen LogP contribution in [-0.4, -0.2) is 18.2 Å². The van der Waals surface area contributed by atoms with Crippen molar-refractivity contribution in [2.75, 3.05) is 7.11 Å². The summed E-state index contributed by atoms with van der Waals surface area (Å²) in [6.45, 7) is 5.94. The molecule has 0 aromatic heterocycles.